The number of carbonyl (C=O) groups excluding carboxylic acids is 1. The van der Waals surface area contributed by atoms with E-state index in [1.54, 1.807) is 0 Å². The minimum Gasteiger partial charge on any atom is -0.342 e. The minimum atomic E-state index is 0.301. The van der Waals surface area contributed by atoms with Gasteiger partial charge in [0.1, 0.15) is 0 Å². The minimum absolute atomic E-state index is 0.301. The summed E-state index contributed by atoms with van der Waals surface area (Å²) in [4.78, 5) is 21.8. The number of aromatic nitrogens is 1. The normalized spacial score (nSPS) is 20.8. The molecule has 0 N–H and O–H groups in total. The van der Waals surface area contributed by atoms with Crippen LogP contribution in [0.5, 0.6) is 0 Å². The zero-order chi connectivity index (χ0) is 18.6. The Bertz CT molecular complexity index is 798. The molecule has 2 aliphatic heterocycles. The molecule has 2 aliphatic rings. The molecule has 4 heteroatoms. The van der Waals surface area contributed by atoms with Crippen LogP contribution in [-0.2, 0) is 4.79 Å². The van der Waals surface area contributed by atoms with Gasteiger partial charge in [-0.1, -0.05) is 29.8 Å². The van der Waals surface area contributed by atoms with E-state index in [-0.39, 0.29) is 0 Å². The fourth-order valence-electron chi connectivity index (χ4n) is 4.34. The van der Waals surface area contributed by atoms with Gasteiger partial charge < -0.3 is 4.90 Å². The lowest BCUT2D eigenvalue weighted by atomic mass is 9.93. The van der Waals surface area contributed by atoms with Crippen LogP contribution in [0.15, 0.2) is 42.5 Å². The third kappa shape index (κ3) is 4.38. The summed E-state index contributed by atoms with van der Waals surface area (Å²) in [6.45, 7) is 6.52. The molecule has 0 saturated carbocycles. The van der Waals surface area contributed by atoms with Gasteiger partial charge in [0.25, 0.3) is 0 Å². The van der Waals surface area contributed by atoms with Crippen LogP contribution in [0.4, 0.5) is 0 Å². The molecule has 2 saturated heterocycles. The largest absolute Gasteiger partial charge is 0.342 e. The smallest absolute Gasteiger partial charge is 0.236 e. The van der Waals surface area contributed by atoms with Crippen LogP contribution >= 0.6 is 0 Å². The van der Waals surface area contributed by atoms with Crippen molar-refractivity contribution in [2.75, 3.05) is 32.7 Å². The number of carbonyl (C=O) groups is 1. The van der Waals surface area contributed by atoms with E-state index in [9.17, 15) is 4.79 Å². The Morgan fingerprint density at radius 2 is 1.89 bits per heavy atom. The molecular weight excluding hydrogens is 334 g/mol. The maximum atomic E-state index is 12.5. The second-order valence-corrected chi connectivity index (χ2v) is 7.98. The van der Waals surface area contributed by atoms with Gasteiger partial charge in [-0.05, 0) is 57.4 Å². The van der Waals surface area contributed by atoms with E-state index in [0.717, 1.165) is 63.3 Å². The average Bonchev–Trinajstić information content (AvgIpc) is 3.23. The molecule has 142 valence electrons. The zero-order valence-electron chi connectivity index (χ0n) is 16.2. The number of pyridine rings is 1. The predicted molar refractivity (Wildman–Crippen MR) is 109 cm³/mol. The zero-order valence-corrected chi connectivity index (χ0v) is 16.2. The number of likely N-dealkylation sites (tertiary alicyclic amines) is 2. The first-order valence-electron chi connectivity index (χ1n) is 10.2. The summed E-state index contributed by atoms with van der Waals surface area (Å²) >= 11 is 0. The summed E-state index contributed by atoms with van der Waals surface area (Å²) < 4.78 is 0. The van der Waals surface area contributed by atoms with Crippen LogP contribution < -0.4 is 0 Å². The summed E-state index contributed by atoms with van der Waals surface area (Å²) in [6.07, 6.45) is 4.60. The predicted octanol–water partition coefficient (Wildman–Crippen LogP) is 3.86. The molecule has 2 fully saturated rings. The van der Waals surface area contributed by atoms with Gasteiger partial charge in [-0.15, -0.1) is 0 Å². The highest BCUT2D eigenvalue weighted by Gasteiger charge is 2.26. The molecule has 0 bridgehead atoms. The van der Waals surface area contributed by atoms with Crippen molar-refractivity contribution in [2.24, 2.45) is 0 Å². The van der Waals surface area contributed by atoms with Gasteiger partial charge in [-0.25, -0.2) is 0 Å². The third-order valence-corrected chi connectivity index (χ3v) is 5.83. The Labute approximate surface area is 162 Å². The lowest BCUT2D eigenvalue weighted by Crippen LogP contribution is -2.43. The van der Waals surface area contributed by atoms with Gasteiger partial charge in [0.05, 0.1) is 12.2 Å². The molecule has 3 heterocycles. The summed E-state index contributed by atoms with van der Waals surface area (Å²) in [6, 6.07) is 14.9. The monoisotopic (exact) mass is 363 g/mol. The Kier molecular flexibility index (Phi) is 5.53. The molecule has 1 unspecified atom stereocenters. The molecule has 1 atom stereocenters. The molecule has 1 amide bonds. The van der Waals surface area contributed by atoms with Crippen molar-refractivity contribution >= 4 is 5.91 Å². The fraction of sp³-hybridized carbons (Fsp3) is 0.478. The molecule has 0 aliphatic carbocycles. The van der Waals surface area contributed by atoms with E-state index in [1.807, 2.05) is 4.90 Å². The first-order valence-corrected chi connectivity index (χ1v) is 10.2. The van der Waals surface area contributed by atoms with Crippen LogP contribution in [0.3, 0.4) is 0 Å². The Morgan fingerprint density at radius 3 is 2.70 bits per heavy atom. The van der Waals surface area contributed by atoms with Crippen molar-refractivity contribution in [3.8, 4) is 11.3 Å². The molecular formula is C23H29N3O. The van der Waals surface area contributed by atoms with E-state index >= 15 is 0 Å². The fourth-order valence-corrected chi connectivity index (χ4v) is 4.34. The van der Waals surface area contributed by atoms with Crippen molar-refractivity contribution in [1.82, 2.24) is 14.8 Å². The summed E-state index contributed by atoms with van der Waals surface area (Å²) in [5, 5.41) is 0. The van der Waals surface area contributed by atoms with E-state index in [2.05, 4.69) is 54.3 Å². The van der Waals surface area contributed by atoms with Crippen LogP contribution in [0.1, 0.15) is 42.9 Å². The lowest BCUT2D eigenvalue weighted by Gasteiger charge is -2.33. The number of benzene rings is 1. The Balaban J connectivity index is 1.45. The van der Waals surface area contributed by atoms with Gasteiger partial charge in [-0.2, -0.15) is 0 Å². The molecule has 27 heavy (non-hydrogen) atoms. The Morgan fingerprint density at radius 1 is 1.07 bits per heavy atom. The van der Waals surface area contributed by atoms with Gasteiger partial charge in [0.2, 0.25) is 5.91 Å². The number of nitrogens with zero attached hydrogens (tertiary/aromatic N) is 3. The maximum absolute atomic E-state index is 12.5. The number of rotatable bonds is 4. The standard InChI is InChI=1S/C23H29N3O/c1-18-7-4-8-19(15-18)21-10-5-11-22(24-21)20-9-6-12-25(16-20)17-23(27)26-13-2-3-14-26/h4-5,7-8,10-11,15,20H,2-3,6,9,12-14,16-17H2,1H3. The van der Waals surface area contributed by atoms with Crippen LogP contribution in [-0.4, -0.2) is 53.4 Å². The van der Waals surface area contributed by atoms with E-state index in [0.29, 0.717) is 18.4 Å². The molecule has 2 aromatic rings. The first-order chi connectivity index (χ1) is 13.2. The number of amides is 1. The average molecular weight is 364 g/mol. The van der Waals surface area contributed by atoms with Crippen LogP contribution in [0.2, 0.25) is 0 Å². The molecule has 1 aromatic carbocycles. The lowest BCUT2D eigenvalue weighted by molar-refractivity contribution is -0.131. The molecule has 4 nitrogen and oxygen atoms in total. The second-order valence-electron chi connectivity index (χ2n) is 7.98. The first kappa shape index (κ1) is 18.2. The highest BCUT2D eigenvalue weighted by Crippen LogP contribution is 2.28. The number of hydrogen-bond acceptors (Lipinski definition) is 3. The van der Waals surface area contributed by atoms with Gasteiger partial charge in [-0.3, -0.25) is 14.7 Å². The molecule has 4 rings (SSSR count). The highest BCUT2D eigenvalue weighted by molar-refractivity contribution is 5.78. The third-order valence-electron chi connectivity index (χ3n) is 5.83. The SMILES string of the molecule is Cc1cccc(-c2cccc(C3CCCN(CC(=O)N4CCCC4)C3)n2)c1. The molecule has 0 spiro atoms. The molecule has 1 aromatic heterocycles. The van der Waals surface area contributed by atoms with Gasteiger partial charge >= 0.3 is 0 Å². The van der Waals surface area contributed by atoms with E-state index in [4.69, 9.17) is 4.98 Å². The van der Waals surface area contributed by atoms with Crippen molar-refractivity contribution in [2.45, 2.75) is 38.5 Å². The highest BCUT2D eigenvalue weighted by atomic mass is 16.2. The summed E-state index contributed by atoms with van der Waals surface area (Å²) in [5.41, 5.74) is 4.63. The Hall–Kier alpha value is -2.20. The molecule has 0 radical (unpaired) electrons. The maximum Gasteiger partial charge on any atom is 0.236 e. The summed E-state index contributed by atoms with van der Waals surface area (Å²) in [7, 11) is 0. The topological polar surface area (TPSA) is 36.4 Å². The number of aryl methyl sites for hydroxylation is 1. The van der Waals surface area contributed by atoms with Gasteiger partial charge in [0, 0.05) is 36.8 Å². The van der Waals surface area contributed by atoms with Gasteiger partial charge in [0.15, 0.2) is 0 Å². The number of hydrogen-bond donors (Lipinski definition) is 0. The quantitative estimate of drug-likeness (QED) is 0.828. The van der Waals surface area contributed by atoms with Crippen molar-refractivity contribution in [1.29, 1.82) is 0 Å². The van der Waals surface area contributed by atoms with E-state index < -0.39 is 0 Å². The van der Waals surface area contributed by atoms with Crippen molar-refractivity contribution in [3.05, 3.63) is 53.7 Å². The van der Waals surface area contributed by atoms with Crippen molar-refractivity contribution in [3.63, 3.8) is 0 Å². The van der Waals surface area contributed by atoms with Crippen LogP contribution in [0, 0.1) is 6.92 Å². The van der Waals surface area contributed by atoms with Crippen LogP contribution in [0.25, 0.3) is 11.3 Å². The second kappa shape index (κ2) is 8.22. The van der Waals surface area contributed by atoms with E-state index in [1.165, 1.54) is 11.1 Å². The summed E-state index contributed by atoms with van der Waals surface area (Å²) in [5.74, 6) is 0.713. The number of piperidine rings is 1. The van der Waals surface area contributed by atoms with Crippen molar-refractivity contribution < 1.29 is 4.79 Å².